The van der Waals surface area contributed by atoms with Gasteiger partial charge in [0.15, 0.2) is 5.96 Å². The number of hydrogen-bond donors (Lipinski definition) is 4. The van der Waals surface area contributed by atoms with Crippen LogP contribution in [0.5, 0.6) is 0 Å². The molecule has 0 saturated heterocycles. The van der Waals surface area contributed by atoms with Crippen LogP contribution in [0.2, 0.25) is 0 Å². The molecule has 2 rings (SSSR count). The van der Waals surface area contributed by atoms with E-state index in [1.807, 2.05) is 0 Å². The number of nitrogens with one attached hydrogen (secondary N) is 2. The number of carbonyl (C=O) groups is 2. The Labute approximate surface area is 135 Å². The zero-order chi connectivity index (χ0) is 16.7. The Kier molecular flexibility index (Phi) is 5.96. The van der Waals surface area contributed by atoms with Crippen LogP contribution in [-0.2, 0) is 4.79 Å². The topological polar surface area (TPSA) is 123 Å². The molecule has 0 radical (unpaired) electrons. The molecule has 7 heteroatoms. The first-order chi connectivity index (χ1) is 11.0. The van der Waals surface area contributed by atoms with Gasteiger partial charge in [0.1, 0.15) is 0 Å². The zero-order valence-corrected chi connectivity index (χ0v) is 13.0. The van der Waals surface area contributed by atoms with E-state index in [4.69, 9.17) is 11.5 Å². The summed E-state index contributed by atoms with van der Waals surface area (Å²) in [7, 11) is 0. The molecule has 0 aromatic heterocycles. The normalized spacial score (nSPS) is 14.8. The van der Waals surface area contributed by atoms with E-state index in [0.717, 1.165) is 25.7 Å². The minimum Gasteiger partial charge on any atom is -0.370 e. The van der Waals surface area contributed by atoms with Crippen molar-refractivity contribution in [3.05, 3.63) is 29.8 Å². The van der Waals surface area contributed by atoms with Gasteiger partial charge in [-0.25, -0.2) is 4.99 Å². The predicted molar refractivity (Wildman–Crippen MR) is 89.3 cm³/mol. The Bertz CT molecular complexity index is 590. The third-order valence-corrected chi connectivity index (χ3v) is 3.75. The van der Waals surface area contributed by atoms with Crippen molar-refractivity contribution in [1.82, 2.24) is 10.6 Å². The summed E-state index contributed by atoms with van der Waals surface area (Å²) in [6.45, 7) is -0.0398. The van der Waals surface area contributed by atoms with Crippen LogP contribution in [0.3, 0.4) is 0 Å². The largest absolute Gasteiger partial charge is 0.370 e. The molecule has 7 nitrogen and oxygen atoms in total. The molecule has 0 spiro atoms. The van der Waals surface area contributed by atoms with Crippen LogP contribution < -0.4 is 22.1 Å². The van der Waals surface area contributed by atoms with Crippen molar-refractivity contribution >= 4 is 23.5 Å². The smallest absolute Gasteiger partial charge is 0.251 e. The number of amides is 2. The maximum Gasteiger partial charge on any atom is 0.251 e. The highest BCUT2D eigenvalue weighted by Gasteiger charge is 2.16. The number of guanidine groups is 1. The van der Waals surface area contributed by atoms with Gasteiger partial charge < -0.3 is 22.1 Å². The summed E-state index contributed by atoms with van der Waals surface area (Å²) in [5.41, 5.74) is 11.5. The molecule has 2 amide bonds. The molecule has 1 aliphatic carbocycles. The molecule has 0 aliphatic heterocycles. The number of nitrogens with two attached hydrogens (primary N) is 2. The summed E-state index contributed by atoms with van der Waals surface area (Å²) in [4.78, 5) is 27.8. The molecule has 1 aliphatic rings. The Morgan fingerprint density at radius 3 is 2.61 bits per heavy atom. The third kappa shape index (κ3) is 5.61. The van der Waals surface area contributed by atoms with Crippen LogP contribution in [0.4, 0.5) is 5.69 Å². The molecule has 1 aromatic rings. The fourth-order valence-corrected chi connectivity index (χ4v) is 2.65. The van der Waals surface area contributed by atoms with Gasteiger partial charge in [-0.05, 0) is 31.0 Å². The second-order valence-corrected chi connectivity index (χ2v) is 5.67. The average Bonchev–Trinajstić information content (AvgIpc) is 2.53. The van der Waals surface area contributed by atoms with Crippen LogP contribution >= 0.6 is 0 Å². The van der Waals surface area contributed by atoms with Gasteiger partial charge >= 0.3 is 0 Å². The lowest BCUT2D eigenvalue weighted by molar-refractivity contribution is -0.121. The number of hydrogen-bond acceptors (Lipinski definition) is 3. The molecular weight excluding hydrogens is 294 g/mol. The average molecular weight is 317 g/mol. The number of benzene rings is 1. The Balaban J connectivity index is 1.84. The van der Waals surface area contributed by atoms with Crippen molar-refractivity contribution < 1.29 is 9.59 Å². The summed E-state index contributed by atoms with van der Waals surface area (Å²) in [5.74, 6) is -0.573. The molecule has 1 saturated carbocycles. The van der Waals surface area contributed by atoms with Crippen LogP contribution in [-0.4, -0.2) is 30.4 Å². The van der Waals surface area contributed by atoms with Crippen LogP contribution in [0.15, 0.2) is 29.3 Å². The number of carbonyl (C=O) groups excluding carboxylic acids is 2. The quantitative estimate of drug-likeness (QED) is 0.473. The van der Waals surface area contributed by atoms with E-state index in [0.29, 0.717) is 11.3 Å². The maximum absolute atomic E-state index is 12.1. The Morgan fingerprint density at radius 2 is 1.91 bits per heavy atom. The van der Waals surface area contributed by atoms with E-state index in [1.54, 1.807) is 24.3 Å². The van der Waals surface area contributed by atoms with Gasteiger partial charge in [-0.3, -0.25) is 9.59 Å². The van der Waals surface area contributed by atoms with Gasteiger partial charge in [-0.2, -0.15) is 0 Å². The zero-order valence-electron chi connectivity index (χ0n) is 13.0. The van der Waals surface area contributed by atoms with Gasteiger partial charge in [0, 0.05) is 11.6 Å². The van der Waals surface area contributed by atoms with Gasteiger partial charge in [-0.15, -0.1) is 0 Å². The van der Waals surface area contributed by atoms with E-state index >= 15 is 0 Å². The van der Waals surface area contributed by atoms with Crippen LogP contribution in [0, 0.1) is 0 Å². The molecular formula is C16H23N5O2. The lowest BCUT2D eigenvalue weighted by atomic mass is 9.95. The van der Waals surface area contributed by atoms with Gasteiger partial charge in [0.05, 0.1) is 12.2 Å². The summed E-state index contributed by atoms with van der Waals surface area (Å²) < 4.78 is 0. The summed E-state index contributed by atoms with van der Waals surface area (Å²) in [5, 5.41) is 5.56. The molecule has 23 heavy (non-hydrogen) atoms. The van der Waals surface area contributed by atoms with Gasteiger partial charge in [-0.1, -0.05) is 25.3 Å². The minimum absolute atomic E-state index is 0.0398. The van der Waals surface area contributed by atoms with Crippen LogP contribution in [0.1, 0.15) is 42.5 Å². The van der Waals surface area contributed by atoms with Gasteiger partial charge in [0.2, 0.25) is 5.91 Å². The first kappa shape index (κ1) is 16.8. The second-order valence-electron chi connectivity index (χ2n) is 5.67. The van der Waals surface area contributed by atoms with Crippen molar-refractivity contribution in [3.8, 4) is 0 Å². The fourth-order valence-electron chi connectivity index (χ4n) is 2.65. The first-order valence-electron chi connectivity index (χ1n) is 7.82. The number of rotatable bonds is 5. The third-order valence-electron chi connectivity index (χ3n) is 3.75. The Morgan fingerprint density at radius 1 is 1.17 bits per heavy atom. The van der Waals surface area contributed by atoms with E-state index in [-0.39, 0.29) is 30.4 Å². The van der Waals surface area contributed by atoms with E-state index in [9.17, 15) is 9.59 Å². The monoisotopic (exact) mass is 317 g/mol. The predicted octanol–water partition coefficient (Wildman–Crippen LogP) is 0.770. The second kappa shape index (κ2) is 8.17. The number of aliphatic imine (C=N–C) groups is 1. The van der Waals surface area contributed by atoms with Gasteiger partial charge in [0.25, 0.3) is 5.91 Å². The molecule has 0 unspecified atom stereocenters. The summed E-state index contributed by atoms with van der Waals surface area (Å²) in [6, 6.07) is 6.80. The van der Waals surface area contributed by atoms with Crippen molar-refractivity contribution in [2.75, 3.05) is 6.54 Å². The lowest BCUT2D eigenvalue weighted by Crippen LogP contribution is -2.42. The van der Waals surface area contributed by atoms with E-state index in [1.165, 1.54) is 6.42 Å². The lowest BCUT2D eigenvalue weighted by Gasteiger charge is -2.22. The van der Waals surface area contributed by atoms with E-state index < -0.39 is 0 Å². The highest BCUT2D eigenvalue weighted by Crippen LogP contribution is 2.17. The highest BCUT2D eigenvalue weighted by molar-refractivity contribution is 5.97. The molecule has 1 aromatic carbocycles. The molecule has 0 heterocycles. The summed E-state index contributed by atoms with van der Waals surface area (Å²) >= 11 is 0. The molecule has 0 atom stereocenters. The SMILES string of the molecule is NC(N)=Nc1cccc(C(=O)NCC(=O)NC2CCCCC2)c1. The summed E-state index contributed by atoms with van der Waals surface area (Å²) in [6.07, 6.45) is 5.56. The molecule has 0 bridgehead atoms. The van der Waals surface area contributed by atoms with Crippen molar-refractivity contribution in [3.63, 3.8) is 0 Å². The number of nitrogens with zero attached hydrogens (tertiary/aromatic N) is 1. The standard InChI is InChI=1S/C16H23N5O2/c17-16(18)21-13-8-4-5-11(9-13)15(23)19-10-14(22)20-12-6-2-1-3-7-12/h4-5,8-9,12H,1-3,6-7,10H2,(H,19,23)(H,20,22)(H4,17,18,21). The van der Waals surface area contributed by atoms with Crippen molar-refractivity contribution in [2.24, 2.45) is 16.5 Å². The highest BCUT2D eigenvalue weighted by atomic mass is 16.2. The maximum atomic E-state index is 12.1. The molecule has 124 valence electrons. The van der Waals surface area contributed by atoms with Crippen LogP contribution in [0.25, 0.3) is 0 Å². The van der Waals surface area contributed by atoms with Crippen molar-refractivity contribution in [1.29, 1.82) is 0 Å². The molecule has 1 fully saturated rings. The minimum atomic E-state index is -0.337. The first-order valence-corrected chi connectivity index (χ1v) is 7.82. The van der Waals surface area contributed by atoms with Crippen molar-refractivity contribution in [2.45, 2.75) is 38.1 Å². The fraction of sp³-hybridized carbons (Fsp3) is 0.438. The Hall–Kier alpha value is -2.57. The molecule has 6 N–H and O–H groups in total. The van der Waals surface area contributed by atoms with E-state index in [2.05, 4.69) is 15.6 Å².